The van der Waals surface area contributed by atoms with E-state index in [9.17, 15) is 0 Å². The summed E-state index contributed by atoms with van der Waals surface area (Å²) in [6.07, 6.45) is 6.78. The van der Waals surface area contributed by atoms with Crippen LogP contribution in [0.1, 0.15) is 43.4 Å². The molecule has 0 atom stereocenters. The van der Waals surface area contributed by atoms with Crippen LogP contribution in [0.25, 0.3) is 0 Å². The molecule has 4 N–H and O–H groups in total. The zero-order valence-corrected chi connectivity index (χ0v) is 10.7. The second-order valence-electron chi connectivity index (χ2n) is 5.35. The minimum atomic E-state index is 0.621. The molecule has 1 aliphatic heterocycles. The van der Waals surface area contributed by atoms with Crippen molar-refractivity contribution in [2.24, 2.45) is 5.92 Å². The molecule has 1 aromatic rings. The molecule has 0 saturated heterocycles. The predicted octanol–water partition coefficient (Wildman–Crippen LogP) is 1.65. The van der Waals surface area contributed by atoms with Crippen molar-refractivity contribution < 1.29 is 0 Å². The number of rotatable bonds is 3. The molecule has 5 heteroatoms. The lowest BCUT2D eigenvalue weighted by molar-refractivity contribution is 0.373. The van der Waals surface area contributed by atoms with Gasteiger partial charge in [0.1, 0.15) is 5.82 Å². The van der Waals surface area contributed by atoms with Crippen molar-refractivity contribution in [2.45, 2.75) is 45.2 Å². The molecule has 2 heterocycles. The molecular formula is C13H21N5. The average Bonchev–Trinajstić information content (AvgIpc) is 2.86. The number of fused-ring (bicyclic) bond motifs is 1. The Morgan fingerprint density at radius 3 is 2.83 bits per heavy atom. The highest BCUT2D eigenvalue weighted by molar-refractivity contribution is 5.48. The van der Waals surface area contributed by atoms with Crippen LogP contribution in [0.4, 0.5) is 11.8 Å². The van der Waals surface area contributed by atoms with E-state index in [0.29, 0.717) is 11.8 Å². The van der Waals surface area contributed by atoms with Crippen molar-refractivity contribution >= 4 is 11.8 Å². The fourth-order valence-corrected chi connectivity index (χ4v) is 2.90. The van der Waals surface area contributed by atoms with Gasteiger partial charge in [0.2, 0.25) is 5.95 Å². The van der Waals surface area contributed by atoms with Crippen LogP contribution >= 0.6 is 0 Å². The topological polar surface area (TPSA) is 75.9 Å². The first-order valence-electron chi connectivity index (χ1n) is 6.93. The summed E-state index contributed by atoms with van der Waals surface area (Å²) in [5.41, 5.74) is 8.07. The van der Waals surface area contributed by atoms with Gasteiger partial charge in [-0.25, -0.2) is 4.98 Å². The Bertz CT molecular complexity index is 426. The number of anilines is 2. The molecule has 0 aromatic carbocycles. The number of nitrogens with two attached hydrogens (primary N) is 1. The van der Waals surface area contributed by atoms with Crippen molar-refractivity contribution in [3.63, 3.8) is 0 Å². The van der Waals surface area contributed by atoms with Crippen molar-refractivity contribution in [3.8, 4) is 0 Å². The van der Waals surface area contributed by atoms with Gasteiger partial charge in [-0.05, 0) is 18.8 Å². The third-order valence-electron chi connectivity index (χ3n) is 3.99. The van der Waals surface area contributed by atoms with E-state index in [1.165, 1.54) is 32.1 Å². The molecule has 0 spiro atoms. The summed E-state index contributed by atoms with van der Waals surface area (Å²) in [5, 5.41) is 6.61. The third-order valence-corrected chi connectivity index (χ3v) is 3.99. The average molecular weight is 247 g/mol. The molecule has 5 nitrogen and oxygen atoms in total. The molecule has 0 unspecified atom stereocenters. The smallest absolute Gasteiger partial charge is 0.224 e. The maximum absolute atomic E-state index is 5.95. The number of hydrogen-bond acceptors (Lipinski definition) is 5. The normalized spacial score (nSPS) is 19.8. The van der Waals surface area contributed by atoms with E-state index < -0.39 is 0 Å². The number of aromatic nitrogens is 2. The minimum absolute atomic E-state index is 0.621. The fraction of sp³-hybridized carbons (Fsp3) is 0.692. The lowest BCUT2D eigenvalue weighted by atomic mass is 9.89. The summed E-state index contributed by atoms with van der Waals surface area (Å²) < 4.78 is 0. The van der Waals surface area contributed by atoms with Gasteiger partial charge in [0, 0.05) is 25.2 Å². The van der Waals surface area contributed by atoms with Crippen LogP contribution in [0, 0.1) is 5.92 Å². The minimum Gasteiger partial charge on any atom is -0.383 e. The van der Waals surface area contributed by atoms with E-state index in [0.717, 1.165) is 36.8 Å². The Balaban J connectivity index is 1.64. The second-order valence-corrected chi connectivity index (χ2v) is 5.35. The highest BCUT2D eigenvalue weighted by atomic mass is 15.1. The van der Waals surface area contributed by atoms with Gasteiger partial charge in [0.25, 0.3) is 0 Å². The molecule has 1 fully saturated rings. The van der Waals surface area contributed by atoms with Gasteiger partial charge in [-0.1, -0.05) is 19.3 Å². The zero-order chi connectivity index (χ0) is 12.4. The monoisotopic (exact) mass is 247 g/mol. The summed E-state index contributed by atoms with van der Waals surface area (Å²) in [4.78, 5) is 8.88. The molecule has 0 amide bonds. The Labute approximate surface area is 108 Å². The van der Waals surface area contributed by atoms with E-state index in [1.54, 1.807) is 0 Å². The van der Waals surface area contributed by atoms with Crippen LogP contribution < -0.4 is 16.4 Å². The first kappa shape index (κ1) is 11.7. The molecule has 1 aliphatic carbocycles. The molecule has 2 aliphatic rings. The number of nitrogens with zero attached hydrogens (tertiary/aromatic N) is 2. The van der Waals surface area contributed by atoms with Crippen LogP contribution in [0.3, 0.4) is 0 Å². The van der Waals surface area contributed by atoms with Crippen LogP contribution in [0.2, 0.25) is 0 Å². The molecule has 0 radical (unpaired) electrons. The Morgan fingerprint density at radius 2 is 2.00 bits per heavy atom. The molecule has 98 valence electrons. The summed E-state index contributed by atoms with van der Waals surface area (Å²) >= 11 is 0. The second kappa shape index (κ2) is 5.10. The molecule has 1 saturated carbocycles. The van der Waals surface area contributed by atoms with Crippen LogP contribution in [0.5, 0.6) is 0 Å². The zero-order valence-electron chi connectivity index (χ0n) is 10.7. The van der Waals surface area contributed by atoms with Crippen molar-refractivity contribution in [3.05, 3.63) is 11.3 Å². The quantitative estimate of drug-likeness (QED) is 0.757. The molecule has 3 rings (SSSR count). The van der Waals surface area contributed by atoms with Crippen molar-refractivity contribution in [2.75, 3.05) is 17.6 Å². The lowest BCUT2D eigenvalue weighted by Crippen LogP contribution is -2.19. The van der Waals surface area contributed by atoms with Crippen molar-refractivity contribution in [1.29, 1.82) is 0 Å². The van der Waals surface area contributed by atoms with Crippen LogP contribution in [0.15, 0.2) is 0 Å². The Hall–Kier alpha value is -1.36. The van der Waals surface area contributed by atoms with Gasteiger partial charge in [0.15, 0.2) is 0 Å². The first-order chi connectivity index (χ1) is 8.83. The molecular weight excluding hydrogens is 226 g/mol. The van der Waals surface area contributed by atoms with Crippen molar-refractivity contribution in [1.82, 2.24) is 15.3 Å². The highest BCUT2D eigenvalue weighted by Crippen LogP contribution is 2.24. The number of hydrogen-bond donors (Lipinski definition) is 3. The van der Waals surface area contributed by atoms with E-state index in [2.05, 4.69) is 20.6 Å². The molecule has 1 aromatic heterocycles. The van der Waals surface area contributed by atoms with E-state index >= 15 is 0 Å². The van der Waals surface area contributed by atoms with Gasteiger partial charge in [-0.15, -0.1) is 0 Å². The van der Waals surface area contributed by atoms with Gasteiger partial charge >= 0.3 is 0 Å². The lowest BCUT2D eigenvalue weighted by Gasteiger charge is -2.21. The van der Waals surface area contributed by atoms with Crippen LogP contribution in [-0.2, 0) is 13.1 Å². The Kier molecular flexibility index (Phi) is 3.32. The van der Waals surface area contributed by atoms with Gasteiger partial charge < -0.3 is 16.4 Å². The van der Waals surface area contributed by atoms with E-state index in [1.807, 2.05) is 0 Å². The largest absolute Gasteiger partial charge is 0.383 e. The third kappa shape index (κ3) is 2.41. The standard InChI is InChI=1S/C13H21N5/c14-12-10-7-15-8-11(10)17-13(18-12)16-6-9-4-2-1-3-5-9/h9,15H,1-8H2,(H3,14,16,17,18). The van der Waals surface area contributed by atoms with Gasteiger partial charge in [0.05, 0.1) is 5.69 Å². The van der Waals surface area contributed by atoms with Gasteiger partial charge in [-0.3, -0.25) is 0 Å². The van der Waals surface area contributed by atoms with E-state index in [-0.39, 0.29) is 0 Å². The maximum atomic E-state index is 5.95. The Morgan fingerprint density at radius 1 is 1.17 bits per heavy atom. The number of nitrogens with one attached hydrogen (secondary N) is 2. The summed E-state index contributed by atoms with van der Waals surface area (Å²) in [7, 11) is 0. The highest BCUT2D eigenvalue weighted by Gasteiger charge is 2.18. The number of nitrogen functional groups attached to an aromatic ring is 1. The van der Waals surface area contributed by atoms with E-state index in [4.69, 9.17) is 5.73 Å². The molecule has 18 heavy (non-hydrogen) atoms. The van der Waals surface area contributed by atoms with Gasteiger partial charge in [-0.2, -0.15) is 4.98 Å². The summed E-state index contributed by atoms with van der Waals surface area (Å²) in [6, 6.07) is 0. The first-order valence-corrected chi connectivity index (χ1v) is 6.93. The summed E-state index contributed by atoms with van der Waals surface area (Å²) in [5.74, 6) is 2.09. The predicted molar refractivity (Wildman–Crippen MR) is 72.1 cm³/mol. The fourth-order valence-electron chi connectivity index (χ4n) is 2.90. The van der Waals surface area contributed by atoms with Crippen LogP contribution in [-0.4, -0.2) is 16.5 Å². The SMILES string of the molecule is Nc1nc(NCC2CCCCC2)nc2c1CNC2. The maximum Gasteiger partial charge on any atom is 0.224 e. The summed E-state index contributed by atoms with van der Waals surface area (Å²) in [6.45, 7) is 2.58. The molecule has 0 bridgehead atoms.